The van der Waals surface area contributed by atoms with Gasteiger partial charge in [-0.3, -0.25) is 0 Å². The largest absolute Gasteiger partial charge is 0.497 e. The highest BCUT2D eigenvalue weighted by Crippen LogP contribution is 2.37. The third-order valence-corrected chi connectivity index (χ3v) is 3.67. The Bertz CT molecular complexity index is 839. The number of aromatic nitrogens is 3. The summed E-state index contributed by atoms with van der Waals surface area (Å²) in [5, 5.41) is 8.81. The number of fused-ring (bicyclic) bond motifs is 1. The molecule has 3 aromatic rings. The van der Waals surface area contributed by atoms with E-state index < -0.39 is 0 Å². The lowest BCUT2D eigenvalue weighted by Gasteiger charge is -2.10. The number of benzene rings is 2. The minimum absolute atomic E-state index is 0.103. The number of nitrogen functional groups attached to an aromatic ring is 1. The number of hydrogen-bond acceptors (Lipinski definition) is 5. The SMILES string of the molecule is COc1ccc(Cl)c(-c2cc3nnc(N)nc3cc2Cl)c1. The summed E-state index contributed by atoms with van der Waals surface area (Å²) in [6, 6.07) is 8.81. The summed E-state index contributed by atoms with van der Waals surface area (Å²) in [5.74, 6) is 0.790. The second-order valence-electron chi connectivity index (χ2n) is 4.34. The first-order valence-electron chi connectivity index (χ1n) is 6.02. The van der Waals surface area contributed by atoms with Gasteiger partial charge in [-0.25, -0.2) is 4.98 Å². The third kappa shape index (κ3) is 2.57. The van der Waals surface area contributed by atoms with E-state index in [0.717, 1.165) is 11.1 Å². The average molecular weight is 321 g/mol. The lowest BCUT2D eigenvalue weighted by molar-refractivity contribution is 0.415. The monoisotopic (exact) mass is 320 g/mol. The molecule has 0 saturated carbocycles. The second kappa shape index (κ2) is 5.35. The Morgan fingerprint density at radius 2 is 1.71 bits per heavy atom. The molecule has 0 aliphatic carbocycles. The second-order valence-corrected chi connectivity index (χ2v) is 5.15. The number of rotatable bonds is 2. The quantitative estimate of drug-likeness (QED) is 0.781. The van der Waals surface area contributed by atoms with Crippen molar-refractivity contribution in [2.24, 2.45) is 0 Å². The van der Waals surface area contributed by atoms with Crippen LogP contribution in [0, 0.1) is 0 Å². The van der Waals surface area contributed by atoms with Crippen LogP contribution in [0.3, 0.4) is 0 Å². The first kappa shape index (κ1) is 13.9. The molecule has 1 aromatic heterocycles. The molecule has 0 radical (unpaired) electrons. The molecular weight excluding hydrogens is 311 g/mol. The molecule has 21 heavy (non-hydrogen) atoms. The number of hydrogen-bond donors (Lipinski definition) is 1. The molecule has 0 bridgehead atoms. The predicted octanol–water partition coefficient (Wildman–Crippen LogP) is 3.59. The Hall–Kier alpha value is -2.11. The summed E-state index contributed by atoms with van der Waals surface area (Å²) in [5.41, 5.74) is 8.17. The van der Waals surface area contributed by atoms with Gasteiger partial charge in [0.25, 0.3) is 0 Å². The van der Waals surface area contributed by atoms with E-state index >= 15 is 0 Å². The van der Waals surface area contributed by atoms with Crippen molar-refractivity contribution >= 4 is 40.2 Å². The summed E-state index contributed by atoms with van der Waals surface area (Å²) in [6.45, 7) is 0. The van der Waals surface area contributed by atoms with Gasteiger partial charge in [-0.15, -0.1) is 10.2 Å². The summed E-state index contributed by atoms with van der Waals surface area (Å²) in [7, 11) is 1.59. The van der Waals surface area contributed by atoms with E-state index in [1.807, 2.05) is 6.07 Å². The molecule has 0 saturated heterocycles. The average Bonchev–Trinajstić information content (AvgIpc) is 2.47. The normalized spacial score (nSPS) is 10.8. The van der Waals surface area contributed by atoms with Crippen molar-refractivity contribution in [3.05, 3.63) is 40.4 Å². The van der Waals surface area contributed by atoms with Crippen LogP contribution in [0.5, 0.6) is 5.75 Å². The highest BCUT2D eigenvalue weighted by Gasteiger charge is 2.12. The molecule has 7 heteroatoms. The van der Waals surface area contributed by atoms with Crippen LogP contribution < -0.4 is 10.5 Å². The first-order chi connectivity index (χ1) is 10.1. The van der Waals surface area contributed by atoms with Crippen molar-refractivity contribution in [1.82, 2.24) is 15.2 Å². The van der Waals surface area contributed by atoms with Gasteiger partial charge in [-0.2, -0.15) is 0 Å². The predicted molar refractivity (Wildman–Crippen MR) is 83.8 cm³/mol. The Morgan fingerprint density at radius 3 is 2.48 bits per heavy atom. The van der Waals surface area contributed by atoms with E-state index in [2.05, 4.69) is 15.2 Å². The Labute approximate surface area is 130 Å². The van der Waals surface area contributed by atoms with Crippen LogP contribution in [0.2, 0.25) is 10.0 Å². The molecule has 3 rings (SSSR count). The first-order valence-corrected chi connectivity index (χ1v) is 6.77. The van der Waals surface area contributed by atoms with Crippen molar-refractivity contribution in [2.45, 2.75) is 0 Å². The molecule has 0 amide bonds. The van der Waals surface area contributed by atoms with Crippen LogP contribution in [0.25, 0.3) is 22.2 Å². The number of ether oxygens (including phenoxy) is 1. The molecule has 0 unspecified atom stereocenters. The van der Waals surface area contributed by atoms with Gasteiger partial charge in [0.2, 0.25) is 5.95 Å². The Balaban J connectivity index is 2.25. The van der Waals surface area contributed by atoms with Gasteiger partial charge >= 0.3 is 0 Å². The number of anilines is 1. The van der Waals surface area contributed by atoms with Gasteiger partial charge in [0.05, 0.1) is 17.6 Å². The van der Waals surface area contributed by atoms with E-state index in [0.29, 0.717) is 26.8 Å². The Morgan fingerprint density at radius 1 is 0.952 bits per heavy atom. The van der Waals surface area contributed by atoms with E-state index in [1.54, 1.807) is 31.4 Å². The van der Waals surface area contributed by atoms with Crippen LogP contribution >= 0.6 is 23.2 Å². The minimum Gasteiger partial charge on any atom is -0.497 e. The van der Waals surface area contributed by atoms with Gasteiger partial charge < -0.3 is 10.5 Å². The lowest BCUT2D eigenvalue weighted by atomic mass is 10.0. The number of nitrogens with two attached hydrogens (primary N) is 1. The lowest BCUT2D eigenvalue weighted by Crippen LogP contribution is -1.98. The van der Waals surface area contributed by atoms with Crippen LogP contribution in [0.4, 0.5) is 5.95 Å². The maximum atomic E-state index is 6.33. The topological polar surface area (TPSA) is 73.9 Å². The standard InChI is InChI=1S/C14H10Cl2N4O/c1-21-7-2-3-10(15)8(4-7)9-5-13-12(6-11(9)16)18-14(17)20-19-13/h2-6H,1H3,(H2,17,18,20). The summed E-state index contributed by atoms with van der Waals surface area (Å²) in [4.78, 5) is 4.09. The zero-order valence-electron chi connectivity index (χ0n) is 11.0. The number of methoxy groups -OCH3 is 1. The Kier molecular flexibility index (Phi) is 3.53. The number of halogens is 2. The fourth-order valence-electron chi connectivity index (χ4n) is 2.02. The van der Waals surface area contributed by atoms with Crippen LogP contribution in [-0.4, -0.2) is 22.3 Å². The minimum atomic E-state index is 0.103. The zero-order chi connectivity index (χ0) is 15.0. The molecule has 0 aliphatic heterocycles. The molecule has 5 nitrogen and oxygen atoms in total. The molecule has 1 heterocycles. The maximum Gasteiger partial charge on any atom is 0.240 e. The molecule has 0 spiro atoms. The van der Waals surface area contributed by atoms with Crippen molar-refractivity contribution in [1.29, 1.82) is 0 Å². The van der Waals surface area contributed by atoms with Gasteiger partial charge in [0.1, 0.15) is 11.3 Å². The summed E-state index contributed by atoms with van der Waals surface area (Å²) < 4.78 is 5.22. The smallest absolute Gasteiger partial charge is 0.240 e. The van der Waals surface area contributed by atoms with Crippen LogP contribution in [0.1, 0.15) is 0 Å². The molecular formula is C14H10Cl2N4O. The van der Waals surface area contributed by atoms with E-state index in [9.17, 15) is 0 Å². The summed E-state index contributed by atoms with van der Waals surface area (Å²) in [6.07, 6.45) is 0. The number of nitrogens with zero attached hydrogens (tertiary/aromatic N) is 3. The maximum absolute atomic E-state index is 6.33. The van der Waals surface area contributed by atoms with Crippen molar-refractivity contribution in [3.8, 4) is 16.9 Å². The fraction of sp³-hybridized carbons (Fsp3) is 0.0714. The molecule has 0 fully saturated rings. The summed E-state index contributed by atoms with van der Waals surface area (Å²) >= 11 is 12.6. The highest BCUT2D eigenvalue weighted by molar-refractivity contribution is 6.37. The van der Waals surface area contributed by atoms with Crippen molar-refractivity contribution in [2.75, 3.05) is 12.8 Å². The molecule has 2 N–H and O–H groups in total. The molecule has 0 aliphatic rings. The van der Waals surface area contributed by atoms with Gasteiger partial charge in [0.15, 0.2) is 0 Å². The van der Waals surface area contributed by atoms with Gasteiger partial charge in [-0.1, -0.05) is 23.2 Å². The zero-order valence-corrected chi connectivity index (χ0v) is 12.5. The fourth-order valence-corrected chi connectivity index (χ4v) is 2.50. The van der Waals surface area contributed by atoms with Gasteiger partial charge in [-0.05, 0) is 30.3 Å². The molecule has 0 atom stereocenters. The van der Waals surface area contributed by atoms with Gasteiger partial charge in [0, 0.05) is 16.1 Å². The highest BCUT2D eigenvalue weighted by atomic mass is 35.5. The van der Waals surface area contributed by atoms with Crippen LogP contribution in [0.15, 0.2) is 30.3 Å². The van der Waals surface area contributed by atoms with E-state index in [4.69, 9.17) is 33.7 Å². The van der Waals surface area contributed by atoms with E-state index in [1.165, 1.54) is 0 Å². The molecule has 106 valence electrons. The van der Waals surface area contributed by atoms with E-state index in [-0.39, 0.29) is 5.95 Å². The van der Waals surface area contributed by atoms with Crippen LogP contribution in [-0.2, 0) is 0 Å². The van der Waals surface area contributed by atoms with Crippen molar-refractivity contribution in [3.63, 3.8) is 0 Å². The third-order valence-electron chi connectivity index (χ3n) is 3.02. The molecule has 2 aromatic carbocycles. The van der Waals surface area contributed by atoms with Crippen molar-refractivity contribution < 1.29 is 4.74 Å².